The number of thioether (sulfide) groups is 1. The minimum Gasteiger partial charge on any atom is -0.368 e. The van der Waals surface area contributed by atoms with Crippen LogP contribution in [0.3, 0.4) is 0 Å². The Morgan fingerprint density at radius 2 is 2.13 bits per heavy atom. The smallest absolute Gasteiger partial charge is 0.149 e. The van der Waals surface area contributed by atoms with Crippen molar-refractivity contribution in [3.05, 3.63) is 17.5 Å². The van der Waals surface area contributed by atoms with E-state index in [0.29, 0.717) is 9.90 Å². The van der Waals surface area contributed by atoms with E-state index in [2.05, 4.69) is 36.1 Å². The van der Waals surface area contributed by atoms with Gasteiger partial charge in [-0.1, -0.05) is 32.4 Å². The third kappa shape index (κ3) is 5.85. The molecular formula is C10H16ClN3S. The summed E-state index contributed by atoms with van der Waals surface area (Å²) in [5.41, 5.74) is 0. The lowest BCUT2D eigenvalue weighted by atomic mass is 10.3. The molecule has 1 rings (SSSR count). The van der Waals surface area contributed by atoms with Gasteiger partial charge in [-0.05, 0) is 0 Å². The standard InChI is InChI=1S/C10H16ClN3S/c1-10(2,3)15-5-4-13-9-7-12-6-8(11)14-9/h6-7H,4-5H2,1-3H3,(H,13,14). The van der Waals surface area contributed by atoms with Crippen LogP contribution in [0.1, 0.15) is 20.8 Å². The lowest BCUT2D eigenvalue weighted by Gasteiger charge is -2.17. The maximum absolute atomic E-state index is 5.71. The van der Waals surface area contributed by atoms with Crippen molar-refractivity contribution in [2.24, 2.45) is 0 Å². The minimum absolute atomic E-state index is 0.307. The van der Waals surface area contributed by atoms with Crippen LogP contribution in [0.25, 0.3) is 0 Å². The molecule has 0 spiro atoms. The highest BCUT2D eigenvalue weighted by Gasteiger charge is 2.09. The monoisotopic (exact) mass is 245 g/mol. The summed E-state index contributed by atoms with van der Waals surface area (Å²) in [6.45, 7) is 7.49. The molecule has 0 bridgehead atoms. The van der Waals surface area contributed by atoms with Gasteiger partial charge in [0.25, 0.3) is 0 Å². The Labute approximate surface area is 100 Å². The first-order valence-electron chi connectivity index (χ1n) is 4.83. The van der Waals surface area contributed by atoms with Crippen LogP contribution in [0.2, 0.25) is 5.15 Å². The van der Waals surface area contributed by atoms with Gasteiger partial charge in [0, 0.05) is 17.0 Å². The molecule has 0 saturated heterocycles. The van der Waals surface area contributed by atoms with Gasteiger partial charge < -0.3 is 5.32 Å². The number of nitrogens with one attached hydrogen (secondary N) is 1. The number of anilines is 1. The Morgan fingerprint density at radius 1 is 1.40 bits per heavy atom. The second-order valence-corrected chi connectivity index (χ2v) is 6.42. The first kappa shape index (κ1) is 12.6. The van der Waals surface area contributed by atoms with Crippen LogP contribution in [-0.4, -0.2) is 27.0 Å². The lowest BCUT2D eigenvalue weighted by molar-refractivity contribution is 0.802. The van der Waals surface area contributed by atoms with E-state index in [1.54, 1.807) is 6.20 Å². The number of hydrogen-bond acceptors (Lipinski definition) is 4. The van der Waals surface area contributed by atoms with Crippen molar-refractivity contribution in [1.82, 2.24) is 9.97 Å². The van der Waals surface area contributed by atoms with Crippen LogP contribution in [-0.2, 0) is 0 Å². The molecule has 0 aromatic carbocycles. The quantitative estimate of drug-likeness (QED) is 0.828. The van der Waals surface area contributed by atoms with Crippen molar-refractivity contribution in [2.75, 3.05) is 17.6 Å². The molecule has 0 amide bonds. The van der Waals surface area contributed by atoms with E-state index in [0.717, 1.165) is 18.1 Å². The molecule has 0 unspecified atom stereocenters. The number of halogens is 1. The van der Waals surface area contributed by atoms with Crippen LogP contribution in [0.15, 0.2) is 12.4 Å². The zero-order valence-electron chi connectivity index (χ0n) is 9.25. The molecule has 3 nitrogen and oxygen atoms in total. The molecule has 0 aliphatic carbocycles. The Hall–Kier alpha value is -0.480. The van der Waals surface area contributed by atoms with Crippen LogP contribution < -0.4 is 5.32 Å². The van der Waals surface area contributed by atoms with Crippen molar-refractivity contribution >= 4 is 29.2 Å². The molecule has 0 saturated carbocycles. The summed E-state index contributed by atoms with van der Waals surface area (Å²) in [6, 6.07) is 0. The van der Waals surface area contributed by atoms with E-state index in [-0.39, 0.29) is 0 Å². The second kappa shape index (κ2) is 5.56. The molecule has 15 heavy (non-hydrogen) atoms. The molecule has 1 heterocycles. The van der Waals surface area contributed by atoms with E-state index in [1.807, 2.05) is 11.8 Å². The maximum atomic E-state index is 5.71. The molecule has 0 atom stereocenters. The third-order valence-corrected chi connectivity index (χ3v) is 3.00. The molecule has 5 heteroatoms. The summed E-state index contributed by atoms with van der Waals surface area (Å²) < 4.78 is 0.307. The van der Waals surface area contributed by atoms with Gasteiger partial charge in [0.05, 0.1) is 12.4 Å². The van der Waals surface area contributed by atoms with Crippen LogP contribution in [0.5, 0.6) is 0 Å². The van der Waals surface area contributed by atoms with Crippen molar-refractivity contribution < 1.29 is 0 Å². The molecule has 0 radical (unpaired) electrons. The van der Waals surface area contributed by atoms with Gasteiger partial charge in [0.1, 0.15) is 11.0 Å². The fraction of sp³-hybridized carbons (Fsp3) is 0.600. The Morgan fingerprint density at radius 3 is 2.73 bits per heavy atom. The number of nitrogens with zero attached hydrogens (tertiary/aromatic N) is 2. The molecule has 0 aliphatic rings. The summed E-state index contributed by atoms with van der Waals surface area (Å²) in [7, 11) is 0. The average molecular weight is 246 g/mol. The second-order valence-electron chi connectivity index (χ2n) is 4.11. The fourth-order valence-corrected chi connectivity index (χ4v) is 1.93. The van der Waals surface area contributed by atoms with Crippen molar-refractivity contribution in [3.8, 4) is 0 Å². The van der Waals surface area contributed by atoms with Crippen LogP contribution >= 0.6 is 23.4 Å². The van der Waals surface area contributed by atoms with Gasteiger partial charge >= 0.3 is 0 Å². The molecule has 1 aromatic heterocycles. The van der Waals surface area contributed by atoms with E-state index >= 15 is 0 Å². The minimum atomic E-state index is 0.307. The lowest BCUT2D eigenvalue weighted by Crippen LogP contribution is -2.13. The number of rotatable bonds is 4. The summed E-state index contributed by atoms with van der Waals surface area (Å²) in [5.74, 6) is 1.77. The predicted molar refractivity (Wildman–Crippen MR) is 67.7 cm³/mol. The average Bonchev–Trinajstić information content (AvgIpc) is 2.11. The molecular weight excluding hydrogens is 230 g/mol. The summed E-state index contributed by atoms with van der Waals surface area (Å²) in [5, 5.41) is 3.60. The summed E-state index contributed by atoms with van der Waals surface area (Å²) >= 11 is 7.62. The van der Waals surface area contributed by atoms with Gasteiger partial charge in [0.2, 0.25) is 0 Å². The van der Waals surface area contributed by atoms with Crippen LogP contribution in [0.4, 0.5) is 5.82 Å². The highest BCUT2D eigenvalue weighted by molar-refractivity contribution is 8.00. The van der Waals surface area contributed by atoms with E-state index in [9.17, 15) is 0 Å². The summed E-state index contributed by atoms with van der Waals surface area (Å²) in [4.78, 5) is 8.04. The summed E-state index contributed by atoms with van der Waals surface area (Å²) in [6.07, 6.45) is 3.20. The fourth-order valence-electron chi connectivity index (χ4n) is 0.964. The number of aromatic nitrogens is 2. The van der Waals surface area contributed by atoms with Crippen molar-refractivity contribution in [2.45, 2.75) is 25.5 Å². The molecule has 0 aliphatic heterocycles. The van der Waals surface area contributed by atoms with E-state index in [4.69, 9.17) is 11.6 Å². The Kier molecular flexibility index (Phi) is 4.67. The van der Waals surface area contributed by atoms with Gasteiger partial charge in [0.15, 0.2) is 0 Å². The molecule has 0 fully saturated rings. The third-order valence-electron chi connectivity index (χ3n) is 1.55. The molecule has 1 N–H and O–H groups in total. The largest absolute Gasteiger partial charge is 0.368 e. The number of hydrogen-bond donors (Lipinski definition) is 1. The molecule has 1 aromatic rings. The van der Waals surface area contributed by atoms with E-state index in [1.165, 1.54) is 6.20 Å². The first-order valence-corrected chi connectivity index (χ1v) is 6.19. The van der Waals surface area contributed by atoms with Gasteiger partial charge in [-0.15, -0.1) is 0 Å². The van der Waals surface area contributed by atoms with E-state index < -0.39 is 0 Å². The van der Waals surface area contributed by atoms with Crippen molar-refractivity contribution in [1.29, 1.82) is 0 Å². The SMILES string of the molecule is CC(C)(C)SCCNc1cncc(Cl)n1. The highest BCUT2D eigenvalue weighted by Crippen LogP contribution is 2.22. The van der Waals surface area contributed by atoms with Gasteiger partial charge in [-0.25, -0.2) is 4.98 Å². The zero-order valence-corrected chi connectivity index (χ0v) is 10.8. The van der Waals surface area contributed by atoms with Gasteiger partial charge in [-0.3, -0.25) is 4.98 Å². The van der Waals surface area contributed by atoms with Crippen LogP contribution in [0, 0.1) is 0 Å². The zero-order chi connectivity index (χ0) is 11.3. The normalized spacial score (nSPS) is 11.5. The molecule has 84 valence electrons. The highest BCUT2D eigenvalue weighted by atomic mass is 35.5. The first-order chi connectivity index (χ1) is 6.97. The Bertz CT molecular complexity index is 312. The maximum Gasteiger partial charge on any atom is 0.149 e. The Balaban J connectivity index is 2.26. The predicted octanol–water partition coefficient (Wildman–Crippen LogP) is 3.07. The topological polar surface area (TPSA) is 37.8 Å². The van der Waals surface area contributed by atoms with Gasteiger partial charge in [-0.2, -0.15) is 11.8 Å². The van der Waals surface area contributed by atoms with Crippen molar-refractivity contribution in [3.63, 3.8) is 0 Å².